The summed E-state index contributed by atoms with van der Waals surface area (Å²) < 4.78 is 0. The van der Waals surface area contributed by atoms with Gasteiger partial charge >= 0.3 is 0 Å². The van der Waals surface area contributed by atoms with Crippen molar-refractivity contribution in [2.24, 2.45) is 22.4 Å². The van der Waals surface area contributed by atoms with E-state index < -0.39 is 46.1 Å². The quantitative estimate of drug-likeness (QED) is 0.438. The van der Waals surface area contributed by atoms with Crippen molar-refractivity contribution in [1.29, 1.82) is 0 Å². The Bertz CT molecular complexity index is 993. The van der Waals surface area contributed by atoms with Gasteiger partial charge in [0.1, 0.15) is 6.04 Å². The van der Waals surface area contributed by atoms with Crippen LogP contribution < -0.4 is 4.90 Å². The van der Waals surface area contributed by atoms with Gasteiger partial charge < -0.3 is 0 Å². The van der Waals surface area contributed by atoms with Gasteiger partial charge in [-0.2, -0.15) is 5.10 Å². The van der Waals surface area contributed by atoms with Gasteiger partial charge in [0, 0.05) is 23.8 Å². The molecule has 9 heteroatoms. The number of hydrogen-bond acceptors (Lipinski definition) is 7. The van der Waals surface area contributed by atoms with Gasteiger partial charge in [-0.25, -0.2) is 4.90 Å². The van der Waals surface area contributed by atoms with Gasteiger partial charge in [-0.15, -0.1) is 0 Å². The Kier molecular flexibility index (Phi) is 4.14. The zero-order valence-electron chi connectivity index (χ0n) is 16.2. The third-order valence-electron chi connectivity index (χ3n) is 5.60. The van der Waals surface area contributed by atoms with E-state index in [0.717, 1.165) is 4.90 Å². The summed E-state index contributed by atoms with van der Waals surface area (Å²) in [6.07, 6.45) is 4.99. The Balaban J connectivity index is 1.79. The second-order valence-electron chi connectivity index (χ2n) is 8.42. The van der Waals surface area contributed by atoms with Gasteiger partial charge in [-0.3, -0.25) is 29.5 Å². The Labute approximate surface area is 166 Å². The van der Waals surface area contributed by atoms with E-state index in [4.69, 9.17) is 0 Å². The summed E-state index contributed by atoms with van der Waals surface area (Å²) in [5.41, 5.74) is -0.810. The first kappa shape index (κ1) is 19.0. The normalized spacial score (nSPS) is 28.0. The Hall–Kier alpha value is -3.36. The maximum atomic E-state index is 13.3. The predicted molar refractivity (Wildman–Crippen MR) is 104 cm³/mol. The van der Waals surface area contributed by atoms with Crippen molar-refractivity contribution in [3.8, 4) is 0 Å². The molecule has 0 aromatic heterocycles. The summed E-state index contributed by atoms with van der Waals surface area (Å²) in [6, 6.07) is 4.02. The van der Waals surface area contributed by atoms with Gasteiger partial charge in [0.2, 0.25) is 11.8 Å². The number of amides is 2. The number of allylic oxidation sites excluding steroid dienone is 1. The van der Waals surface area contributed by atoms with Crippen LogP contribution >= 0.6 is 0 Å². The average molecular weight is 396 g/mol. The molecule has 3 heterocycles. The topological polar surface area (TPSA) is 113 Å². The largest absolute Gasteiger partial charge is 0.297 e. The van der Waals surface area contributed by atoms with Crippen molar-refractivity contribution in [3.63, 3.8) is 0 Å². The molecule has 0 bridgehead atoms. The number of nitro groups is 1. The number of rotatable bonds is 3. The van der Waals surface area contributed by atoms with E-state index in [2.05, 4.69) is 5.10 Å². The number of anilines is 1. The third-order valence-corrected chi connectivity index (χ3v) is 5.60. The average Bonchev–Trinajstić information content (AvgIpc) is 3.13. The maximum Gasteiger partial charge on any atom is 0.271 e. The first-order chi connectivity index (χ1) is 13.6. The third kappa shape index (κ3) is 2.76. The predicted octanol–water partition coefficient (Wildman–Crippen LogP) is 1.92. The molecule has 0 saturated carbocycles. The van der Waals surface area contributed by atoms with Crippen molar-refractivity contribution in [2.45, 2.75) is 32.9 Å². The minimum absolute atomic E-state index is 0.139. The number of hydrogen-bond donors (Lipinski definition) is 0. The van der Waals surface area contributed by atoms with Crippen molar-refractivity contribution in [2.75, 3.05) is 4.90 Å². The van der Waals surface area contributed by atoms with Crippen LogP contribution in [0.3, 0.4) is 0 Å². The monoisotopic (exact) mass is 396 g/mol. The lowest BCUT2D eigenvalue weighted by Crippen LogP contribution is -2.49. The van der Waals surface area contributed by atoms with Crippen molar-refractivity contribution >= 4 is 35.2 Å². The summed E-state index contributed by atoms with van der Waals surface area (Å²) in [5.74, 6) is -2.84. The number of nitro benzene ring substituents is 1. The molecule has 4 rings (SSSR count). The molecule has 4 unspecified atom stereocenters. The van der Waals surface area contributed by atoms with Crippen LogP contribution in [0.25, 0.3) is 0 Å². The van der Waals surface area contributed by atoms with Gasteiger partial charge in [0.15, 0.2) is 5.78 Å². The second kappa shape index (κ2) is 6.33. The number of carbonyl (C=O) groups excluding carboxylic acids is 3. The SMILES string of the molecule is CC(C)(C)C(=O)C1C2C(=O)N(c3cccc([N+](=O)[O-])c3)C(=O)C2C2C=CC=NN21. The van der Waals surface area contributed by atoms with Gasteiger partial charge in [-0.1, -0.05) is 32.9 Å². The molecule has 3 aliphatic heterocycles. The summed E-state index contributed by atoms with van der Waals surface area (Å²) in [6.45, 7) is 5.29. The molecule has 2 amide bonds. The maximum absolute atomic E-state index is 13.3. The minimum Gasteiger partial charge on any atom is -0.297 e. The molecule has 9 nitrogen and oxygen atoms in total. The number of nitrogens with zero attached hydrogens (tertiary/aromatic N) is 4. The number of non-ortho nitro benzene ring substituents is 1. The first-order valence-electron chi connectivity index (χ1n) is 9.28. The highest BCUT2D eigenvalue weighted by Crippen LogP contribution is 2.47. The van der Waals surface area contributed by atoms with Crippen LogP contribution in [0.4, 0.5) is 11.4 Å². The fourth-order valence-electron chi connectivity index (χ4n) is 4.28. The van der Waals surface area contributed by atoms with E-state index in [0.29, 0.717) is 0 Å². The van der Waals surface area contributed by atoms with Crippen LogP contribution in [0.2, 0.25) is 0 Å². The van der Waals surface area contributed by atoms with Crippen LogP contribution in [0.15, 0.2) is 41.5 Å². The van der Waals surface area contributed by atoms with Gasteiger partial charge in [0.05, 0.1) is 28.5 Å². The Morgan fingerprint density at radius 3 is 2.52 bits per heavy atom. The Morgan fingerprint density at radius 1 is 1.17 bits per heavy atom. The number of hydrazone groups is 1. The molecule has 29 heavy (non-hydrogen) atoms. The number of fused-ring (bicyclic) bond motifs is 3. The molecule has 4 atom stereocenters. The highest BCUT2D eigenvalue weighted by Gasteiger charge is 2.64. The minimum atomic E-state index is -0.890. The van der Waals surface area contributed by atoms with Gasteiger partial charge in [0.25, 0.3) is 5.69 Å². The van der Waals surface area contributed by atoms with E-state index >= 15 is 0 Å². The molecule has 150 valence electrons. The molecule has 0 radical (unpaired) electrons. The summed E-state index contributed by atoms with van der Waals surface area (Å²) in [7, 11) is 0. The Morgan fingerprint density at radius 2 is 1.86 bits per heavy atom. The standard InChI is InChI=1S/C20H20N4O5/c1-20(2,3)17(25)16-15-14(13-8-5-9-21-23(13)16)18(26)22(19(15)27)11-6-4-7-12(10-11)24(28)29/h4-10,13-16H,1-3H3. The van der Waals surface area contributed by atoms with Crippen LogP contribution in [0, 0.1) is 27.4 Å². The first-order valence-corrected chi connectivity index (χ1v) is 9.28. The summed E-state index contributed by atoms with van der Waals surface area (Å²) in [4.78, 5) is 51.3. The highest BCUT2D eigenvalue weighted by atomic mass is 16.6. The molecule has 2 saturated heterocycles. The van der Waals surface area contributed by atoms with Crippen LogP contribution in [0.1, 0.15) is 20.8 Å². The molecule has 0 N–H and O–H groups in total. The number of imide groups is 1. The fraction of sp³-hybridized carbons (Fsp3) is 0.400. The van der Waals surface area contributed by atoms with Crippen LogP contribution in [-0.2, 0) is 14.4 Å². The number of carbonyl (C=O) groups is 3. The van der Waals surface area contributed by atoms with Crippen LogP contribution in [-0.4, -0.2) is 45.8 Å². The van der Waals surface area contributed by atoms with E-state index in [1.807, 2.05) is 0 Å². The zero-order chi connectivity index (χ0) is 21.1. The van der Waals surface area contributed by atoms with Crippen molar-refractivity contribution < 1.29 is 19.3 Å². The summed E-state index contributed by atoms with van der Waals surface area (Å²) in [5, 5.41) is 16.9. The lowest BCUT2D eigenvalue weighted by atomic mass is 9.80. The van der Waals surface area contributed by atoms with Gasteiger partial charge in [-0.05, 0) is 12.1 Å². The van der Waals surface area contributed by atoms with E-state index in [9.17, 15) is 24.5 Å². The highest BCUT2D eigenvalue weighted by molar-refractivity contribution is 6.24. The molecular weight excluding hydrogens is 376 g/mol. The molecule has 2 fully saturated rings. The lowest BCUT2D eigenvalue weighted by Gasteiger charge is -2.33. The lowest BCUT2D eigenvalue weighted by molar-refractivity contribution is -0.384. The second-order valence-corrected chi connectivity index (χ2v) is 8.42. The van der Waals surface area contributed by atoms with E-state index in [1.54, 1.807) is 37.9 Å². The molecule has 0 aliphatic carbocycles. The molecular formula is C20H20N4O5. The molecule has 1 aromatic rings. The summed E-state index contributed by atoms with van der Waals surface area (Å²) >= 11 is 0. The smallest absolute Gasteiger partial charge is 0.271 e. The van der Waals surface area contributed by atoms with Crippen molar-refractivity contribution in [3.05, 3.63) is 46.5 Å². The van der Waals surface area contributed by atoms with E-state index in [-0.39, 0.29) is 17.2 Å². The van der Waals surface area contributed by atoms with Crippen molar-refractivity contribution in [1.82, 2.24) is 5.01 Å². The zero-order valence-corrected chi connectivity index (χ0v) is 16.2. The molecule has 0 spiro atoms. The number of benzene rings is 1. The van der Waals surface area contributed by atoms with E-state index in [1.165, 1.54) is 30.5 Å². The molecule has 3 aliphatic rings. The number of ketones is 1. The molecule has 1 aromatic carbocycles. The number of Topliss-reactive ketones (excluding diaryl/α,β-unsaturated/α-hetero) is 1. The van der Waals surface area contributed by atoms with Crippen LogP contribution in [0.5, 0.6) is 0 Å². The fourth-order valence-corrected chi connectivity index (χ4v) is 4.28.